The first-order chi connectivity index (χ1) is 10.9. The van der Waals surface area contributed by atoms with Gasteiger partial charge in [0.05, 0.1) is 11.4 Å². The minimum Gasteiger partial charge on any atom is -0.379 e. The molecule has 0 saturated carbocycles. The van der Waals surface area contributed by atoms with E-state index in [0.29, 0.717) is 18.5 Å². The molecular weight excluding hydrogens is 314 g/mol. The van der Waals surface area contributed by atoms with Crippen molar-refractivity contribution in [2.75, 3.05) is 31.6 Å². The van der Waals surface area contributed by atoms with Crippen LogP contribution in [0.15, 0.2) is 16.2 Å². The Hall–Kier alpha value is -1.34. The van der Waals surface area contributed by atoms with Crippen LogP contribution in [0.4, 0.5) is 0 Å². The van der Waals surface area contributed by atoms with Gasteiger partial charge >= 0.3 is 0 Å². The summed E-state index contributed by atoms with van der Waals surface area (Å²) in [4.78, 5) is 2.25. The number of sulfone groups is 1. The molecule has 0 aliphatic carbocycles. The fourth-order valence-corrected chi connectivity index (χ4v) is 4.09. The second kappa shape index (κ2) is 6.28. The van der Waals surface area contributed by atoms with Gasteiger partial charge < -0.3 is 9.84 Å². The zero-order chi connectivity index (χ0) is 16.6. The Kier molecular flexibility index (Phi) is 4.51. The molecule has 7 heteroatoms. The Morgan fingerprint density at radius 1 is 1.43 bits per heavy atom. The van der Waals surface area contributed by atoms with E-state index in [1.807, 2.05) is 13.0 Å². The van der Waals surface area contributed by atoms with Gasteiger partial charge in [-0.2, -0.15) is 0 Å². The molecule has 6 nitrogen and oxygen atoms in total. The van der Waals surface area contributed by atoms with Crippen molar-refractivity contribution in [1.82, 2.24) is 15.4 Å². The maximum atomic E-state index is 11.4. The third-order valence-corrected chi connectivity index (χ3v) is 5.71. The molecule has 2 atom stereocenters. The van der Waals surface area contributed by atoms with E-state index < -0.39 is 9.84 Å². The van der Waals surface area contributed by atoms with Crippen LogP contribution in [0.1, 0.15) is 31.7 Å². The van der Waals surface area contributed by atoms with Gasteiger partial charge in [-0.3, -0.25) is 4.90 Å². The van der Waals surface area contributed by atoms with Gasteiger partial charge in [-0.25, -0.2) is 8.42 Å². The van der Waals surface area contributed by atoms with E-state index in [4.69, 9.17) is 4.52 Å². The van der Waals surface area contributed by atoms with Crippen molar-refractivity contribution in [3.63, 3.8) is 0 Å². The number of allylic oxidation sites excluding steroid dienone is 1. The van der Waals surface area contributed by atoms with E-state index in [2.05, 4.69) is 22.3 Å². The van der Waals surface area contributed by atoms with E-state index in [0.717, 1.165) is 43.1 Å². The zero-order valence-corrected chi connectivity index (χ0v) is 14.8. The standard InChI is InChI=1S/C16H25N3O3S/c1-4-13-8-14(18-22-13)16-11(2)7-12-9-19(10-15(12)17-16)5-6-23(3,20)21/h8,12,15,17H,4-7,9-10H2,1-3H3/t12-,15-/m0/s1. The number of nitrogens with one attached hydrogen (secondary N) is 1. The van der Waals surface area contributed by atoms with Crippen LogP contribution >= 0.6 is 0 Å². The fraction of sp³-hybridized carbons (Fsp3) is 0.688. The highest BCUT2D eigenvalue weighted by atomic mass is 32.2. The second-order valence-corrected chi connectivity index (χ2v) is 9.05. The smallest absolute Gasteiger partial charge is 0.148 e. The normalized spacial score (nSPS) is 25.5. The van der Waals surface area contributed by atoms with E-state index in [1.54, 1.807) is 0 Å². The lowest BCUT2D eigenvalue weighted by atomic mass is 9.89. The maximum absolute atomic E-state index is 11.4. The van der Waals surface area contributed by atoms with E-state index in [9.17, 15) is 8.42 Å². The van der Waals surface area contributed by atoms with Gasteiger partial charge in [-0.05, 0) is 24.8 Å². The highest BCUT2D eigenvalue weighted by Gasteiger charge is 2.37. The average Bonchev–Trinajstić information content (AvgIpc) is 3.09. The molecule has 1 aromatic heterocycles. The number of fused-ring (bicyclic) bond motifs is 1. The molecule has 1 fully saturated rings. The van der Waals surface area contributed by atoms with Crippen molar-refractivity contribution in [2.24, 2.45) is 5.92 Å². The summed E-state index contributed by atoms with van der Waals surface area (Å²) in [6.45, 7) is 6.64. The van der Waals surface area contributed by atoms with Gasteiger partial charge in [0, 0.05) is 44.4 Å². The van der Waals surface area contributed by atoms with Gasteiger partial charge in [0.15, 0.2) is 0 Å². The molecule has 2 aliphatic heterocycles. The minimum atomic E-state index is -2.90. The molecule has 3 heterocycles. The van der Waals surface area contributed by atoms with Crippen LogP contribution in [-0.2, 0) is 16.3 Å². The lowest BCUT2D eigenvalue weighted by Crippen LogP contribution is -2.39. The van der Waals surface area contributed by atoms with Crippen molar-refractivity contribution >= 4 is 15.5 Å². The van der Waals surface area contributed by atoms with Gasteiger partial charge in [0.1, 0.15) is 21.3 Å². The summed E-state index contributed by atoms with van der Waals surface area (Å²) in [5.74, 6) is 1.66. The van der Waals surface area contributed by atoms with Crippen LogP contribution < -0.4 is 5.32 Å². The van der Waals surface area contributed by atoms with Gasteiger partial charge in [-0.1, -0.05) is 12.1 Å². The number of aromatic nitrogens is 1. The third kappa shape index (κ3) is 3.77. The first kappa shape index (κ1) is 16.5. The van der Waals surface area contributed by atoms with Crippen LogP contribution in [-0.4, -0.2) is 56.2 Å². The Labute approximate surface area is 137 Å². The Balaban J connectivity index is 1.67. The average molecular weight is 339 g/mol. The molecule has 1 N–H and O–H groups in total. The number of aryl methyl sites for hydroxylation is 1. The molecule has 3 rings (SSSR count). The molecule has 1 saturated heterocycles. The summed E-state index contributed by atoms with van der Waals surface area (Å²) in [6.07, 6.45) is 3.16. The number of likely N-dealkylation sites (tertiary alicyclic amines) is 1. The summed E-state index contributed by atoms with van der Waals surface area (Å²) < 4.78 is 28.0. The predicted molar refractivity (Wildman–Crippen MR) is 89.7 cm³/mol. The summed E-state index contributed by atoms with van der Waals surface area (Å²) >= 11 is 0. The van der Waals surface area contributed by atoms with Crippen LogP contribution in [0.2, 0.25) is 0 Å². The number of nitrogens with zero attached hydrogens (tertiary/aromatic N) is 2. The lowest BCUT2D eigenvalue weighted by molar-refractivity contribution is 0.342. The second-order valence-electron chi connectivity index (χ2n) is 6.79. The molecule has 0 unspecified atom stereocenters. The molecule has 128 valence electrons. The summed E-state index contributed by atoms with van der Waals surface area (Å²) in [5.41, 5.74) is 3.26. The van der Waals surface area contributed by atoms with Crippen molar-refractivity contribution in [3.8, 4) is 0 Å². The molecule has 1 aromatic rings. The summed E-state index contributed by atoms with van der Waals surface area (Å²) in [7, 11) is -2.90. The topological polar surface area (TPSA) is 75.4 Å². The van der Waals surface area contributed by atoms with Crippen LogP contribution in [0.25, 0.3) is 5.70 Å². The number of rotatable bonds is 5. The van der Waals surface area contributed by atoms with Crippen LogP contribution in [0, 0.1) is 5.92 Å². The van der Waals surface area contributed by atoms with Gasteiger partial charge in [0.2, 0.25) is 0 Å². The molecule has 0 bridgehead atoms. The van der Waals surface area contributed by atoms with Crippen molar-refractivity contribution in [2.45, 2.75) is 32.7 Å². The monoisotopic (exact) mass is 339 g/mol. The molecule has 0 aromatic carbocycles. The molecule has 0 spiro atoms. The van der Waals surface area contributed by atoms with Crippen LogP contribution in [0.5, 0.6) is 0 Å². The Morgan fingerprint density at radius 3 is 2.87 bits per heavy atom. The van der Waals surface area contributed by atoms with E-state index in [-0.39, 0.29) is 5.75 Å². The van der Waals surface area contributed by atoms with Crippen molar-refractivity contribution in [3.05, 3.63) is 23.1 Å². The molecular formula is C16H25N3O3S. The number of hydrogen-bond acceptors (Lipinski definition) is 6. The van der Waals surface area contributed by atoms with Gasteiger partial charge in [-0.15, -0.1) is 0 Å². The SMILES string of the molecule is CCc1cc(C2=C(C)C[C@H]3CN(CCS(C)(=O)=O)C[C@@H]3N2)no1. The Bertz CT molecular complexity index is 708. The van der Waals surface area contributed by atoms with Crippen molar-refractivity contribution < 1.29 is 12.9 Å². The highest BCUT2D eigenvalue weighted by Crippen LogP contribution is 2.33. The first-order valence-electron chi connectivity index (χ1n) is 8.18. The molecule has 0 amide bonds. The highest BCUT2D eigenvalue weighted by molar-refractivity contribution is 7.90. The lowest BCUT2D eigenvalue weighted by Gasteiger charge is -2.29. The molecule has 2 aliphatic rings. The minimum absolute atomic E-state index is 0.231. The van der Waals surface area contributed by atoms with E-state index in [1.165, 1.54) is 11.8 Å². The van der Waals surface area contributed by atoms with Gasteiger partial charge in [0.25, 0.3) is 0 Å². The maximum Gasteiger partial charge on any atom is 0.148 e. The number of hydrogen-bond donors (Lipinski definition) is 1. The first-order valence-corrected chi connectivity index (χ1v) is 10.2. The summed E-state index contributed by atoms with van der Waals surface area (Å²) in [5, 5.41) is 7.79. The van der Waals surface area contributed by atoms with Crippen LogP contribution in [0.3, 0.4) is 0 Å². The Morgan fingerprint density at radius 2 is 2.22 bits per heavy atom. The molecule has 23 heavy (non-hydrogen) atoms. The van der Waals surface area contributed by atoms with E-state index >= 15 is 0 Å². The largest absolute Gasteiger partial charge is 0.379 e. The zero-order valence-electron chi connectivity index (χ0n) is 14.0. The third-order valence-electron chi connectivity index (χ3n) is 4.78. The molecule has 0 radical (unpaired) electrons. The summed E-state index contributed by atoms with van der Waals surface area (Å²) in [6, 6.07) is 2.36. The van der Waals surface area contributed by atoms with Crippen molar-refractivity contribution in [1.29, 1.82) is 0 Å². The predicted octanol–water partition coefficient (Wildman–Crippen LogP) is 1.31. The fourth-order valence-electron chi connectivity index (χ4n) is 3.50. The quantitative estimate of drug-likeness (QED) is 0.872.